The van der Waals surface area contributed by atoms with E-state index in [-0.39, 0.29) is 24.2 Å². The fraction of sp³-hybridized carbons (Fsp3) is 0.333. The molecule has 100 valence electrons. The highest BCUT2D eigenvalue weighted by Gasteiger charge is 2.32. The van der Waals surface area contributed by atoms with Gasteiger partial charge in [0.15, 0.2) is 5.13 Å². The molecule has 0 bridgehead atoms. The number of nitrogens with zero attached hydrogens (tertiary/aromatic N) is 2. The van der Waals surface area contributed by atoms with Gasteiger partial charge in [0.2, 0.25) is 5.91 Å². The van der Waals surface area contributed by atoms with Crippen LogP contribution in [-0.4, -0.2) is 29.1 Å². The Labute approximate surface area is 121 Å². The third kappa shape index (κ3) is 2.26. The van der Waals surface area contributed by atoms with Crippen molar-refractivity contribution in [1.29, 1.82) is 0 Å². The first-order valence-electron chi connectivity index (χ1n) is 5.75. The van der Waals surface area contributed by atoms with Crippen molar-refractivity contribution in [3.63, 3.8) is 0 Å². The molecule has 3 rings (SSSR count). The molecule has 1 aliphatic heterocycles. The number of rotatable bonds is 2. The summed E-state index contributed by atoms with van der Waals surface area (Å²) < 4.78 is 14.6. The number of thiazole rings is 1. The van der Waals surface area contributed by atoms with E-state index >= 15 is 0 Å². The van der Waals surface area contributed by atoms with Gasteiger partial charge >= 0.3 is 0 Å². The number of amides is 1. The Bertz CT molecular complexity index is 660. The van der Waals surface area contributed by atoms with Gasteiger partial charge in [-0.3, -0.25) is 9.69 Å². The topological polar surface area (TPSA) is 53.4 Å². The van der Waals surface area contributed by atoms with E-state index in [1.165, 1.54) is 23.5 Å². The fourth-order valence-corrected chi connectivity index (χ4v) is 3.85. The molecule has 0 spiro atoms. The summed E-state index contributed by atoms with van der Waals surface area (Å²) in [6.07, 6.45) is 0.335. The Hall–Kier alpha value is -1.05. The summed E-state index contributed by atoms with van der Waals surface area (Å²) >= 11 is 4.55. The molecule has 19 heavy (non-hydrogen) atoms. The summed E-state index contributed by atoms with van der Waals surface area (Å²) in [6, 6.07) is 2.76. The minimum absolute atomic E-state index is 0.00847. The monoisotopic (exact) mass is 344 g/mol. The molecule has 1 aromatic carbocycles. The zero-order valence-electron chi connectivity index (χ0n) is 9.77. The molecule has 1 aliphatic rings. The molecule has 1 aromatic heterocycles. The molecule has 1 fully saturated rings. The molecule has 1 saturated heterocycles. The van der Waals surface area contributed by atoms with Gasteiger partial charge in [-0.15, -0.1) is 0 Å². The van der Waals surface area contributed by atoms with Gasteiger partial charge in [0, 0.05) is 30.0 Å². The number of hydrogen-bond acceptors (Lipinski definition) is 4. The van der Waals surface area contributed by atoms with E-state index in [9.17, 15) is 9.18 Å². The SMILES string of the molecule is O=C1CC(CO)CN1c1nc2c(Br)cc(F)cc2s1. The summed E-state index contributed by atoms with van der Waals surface area (Å²) in [5.41, 5.74) is 0.654. The van der Waals surface area contributed by atoms with Crippen LogP contribution in [0.4, 0.5) is 9.52 Å². The normalized spacial score (nSPS) is 19.6. The summed E-state index contributed by atoms with van der Waals surface area (Å²) in [6.45, 7) is 0.459. The lowest BCUT2D eigenvalue weighted by molar-refractivity contribution is -0.117. The first-order chi connectivity index (χ1) is 9.08. The van der Waals surface area contributed by atoms with Crippen LogP contribution < -0.4 is 4.90 Å². The lowest BCUT2D eigenvalue weighted by atomic mass is 10.1. The van der Waals surface area contributed by atoms with Gasteiger partial charge < -0.3 is 5.11 Å². The predicted octanol–water partition coefficient (Wildman–Crippen LogP) is 2.54. The zero-order chi connectivity index (χ0) is 13.6. The van der Waals surface area contributed by atoms with E-state index in [0.29, 0.717) is 32.8 Å². The van der Waals surface area contributed by atoms with Gasteiger partial charge in [-0.25, -0.2) is 9.37 Å². The van der Waals surface area contributed by atoms with Crippen LogP contribution in [0.3, 0.4) is 0 Å². The van der Waals surface area contributed by atoms with Crippen LogP contribution in [0.25, 0.3) is 10.2 Å². The van der Waals surface area contributed by atoms with Crippen LogP contribution in [0.2, 0.25) is 0 Å². The van der Waals surface area contributed by atoms with Crippen LogP contribution in [-0.2, 0) is 4.79 Å². The highest BCUT2D eigenvalue weighted by molar-refractivity contribution is 9.10. The molecule has 0 radical (unpaired) electrons. The Balaban J connectivity index is 2.02. The van der Waals surface area contributed by atoms with E-state index in [0.717, 1.165) is 0 Å². The van der Waals surface area contributed by atoms with Gasteiger partial charge in [0.05, 0.1) is 10.2 Å². The second-order valence-electron chi connectivity index (χ2n) is 4.49. The molecule has 1 N–H and O–H groups in total. The van der Waals surface area contributed by atoms with Gasteiger partial charge in [0.1, 0.15) is 5.82 Å². The third-order valence-electron chi connectivity index (χ3n) is 3.10. The number of halogens is 2. The molecule has 2 heterocycles. The van der Waals surface area contributed by atoms with Crippen LogP contribution in [0.1, 0.15) is 6.42 Å². The van der Waals surface area contributed by atoms with Crippen molar-refractivity contribution in [1.82, 2.24) is 4.98 Å². The second kappa shape index (κ2) is 4.81. The molecule has 4 nitrogen and oxygen atoms in total. The number of hydrogen-bond donors (Lipinski definition) is 1. The molecule has 2 aromatic rings. The number of aliphatic hydroxyl groups excluding tert-OH is 1. The van der Waals surface area contributed by atoms with E-state index in [2.05, 4.69) is 20.9 Å². The average molecular weight is 345 g/mol. The summed E-state index contributed by atoms with van der Waals surface area (Å²) in [5.74, 6) is -0.426. The van der Waals surface area contributed by atoms with Crippen molar-refractivity contribution in [2.75, 3.05) is 18.1 Å². The van der Waals surface area contributed by atoms with E-state index < -0.39 is 0 Å². The maximum Gasteiger partial charge on any atom is 0.229 e. The lowest BCUT2D eigenvalue weighted by Crippen LogP contribution is -2.24. The lowest BCUT2D eigenvalue weighted by Gasteiger charge is -2.11. The first-order valence-corrected chi connectivity index (χ1v) is 7.36. The number of carbonyl (C=O) groups is 1. The molecule has 0 aliphatic carbocycles. The molecular weight excluding hydrogens is 335 g/mol. The van der Waals surface area contributed by atoms with Crippen LogP contribution >= 0.6 is 27.3 Å². The van der Waals surface area contributed by atoms with Crippen molar-refractivity contribution < 1.29 is 14.3 Å². The van der Waals surface area contributed by atoms with Crippen LogP contribution in [0.5, 0.6) is 0 Å². The number of carbonyl (C=O) groups excluding carboxylic acids is 1. The maximum atomic E-state index is 13.3. The maximum absolute atomic E-state index is 13.3. The Morgan fingerprint density at radius 1 is 1.58 bits per heavy atom. The molecule has 1 amide bonds. The number of benzene rings is 1. The van der Waals surface area contributed by atoms with Crippen molar-refractivity contribution in [2.24, 2.45) is 5.92 Å². The fourth-order valence-electron chi connectivity index (χ4n) is 2.15. The Morgan fingerprint density at radius 3 is 3.05 bits per heavy atom. The van der Waals surface area contributed by atoms with Gasteiger partial charge in [-0.05, 0) is 28.1 Å². The molecule has 0 saturated carbocycles. The number of fused-ring (bicyclic) bond motifs is 1. The largest absolute Gasteiger partial charge is 0.396 e. The van der Waals surface area contributed by atoms with Crippen molar-refractivity contribution in [3.05, 3.63) is 22.4 Å². The highest BCUT2D eigenvalue weighted by Crippen LogP contribution is 2.36. The van der Waals surface area contributed by atoms with Crippen LogP contribution in [0, 0.1) is 11.7 Å². The van der Waals surface area contributed by atoms with E-state index in [1.807, 2.05) is 0 Å². The van der Waals surface area contributed by atoms with E-state index in [4.69, 9.17) is 5.11 Å². The Morgan fingerprint density at radius 2 is 2.37 bits per heavy atom. The van der Waals surface area contributed by atoms with Gasteiger partial charge in [-0.2, -0.15) is 0 Å². The zero-order valence-corrected chi connectivity index (χ0v) is 12.2. The van der Waals surface area contributed by atoms with E-state index in [1.54, 1.807) is 4.90 Å². The standard InChI is InChI=1S/C12H10BrFN2O2S/c13-8-2-7(14)3-9-11(8)15-12(19-9)16-4-6(5-17)1-10(16)18/h2-3,6,17H,1,4-5H2. The van der Waals surface area contributed by atoms with Crippen molar-refractivity contribution >= 4 is 48.5 Å². The third-order valence-corrected chi connectivity index (χ3v) is 4.73. The summed E-state index contributed by atoms with van der Waals surface area (Å²) in [5, 5.41) is 9.67. The minimum atomic E-state index is -0.337. The minimum Gasteiger partial charge on any atom is -0.396 e. The van der Waals surface area contributed by atoms with Gasteiger partial charge in [0.25, 0.3) is 0 Å². The molecule has 1 atom stereocenters. The summed E-state index contributed by atoms with van der Waals surface area (Å²) in [4.78, 5) is 17.8. The Kier molecular flexibility index (Phi) is 3.28. The number of anilines is 1. The predicted molar refractivity (Wildman–Crippen MR) is 74.8 cm³/mol. The summed E-state index contributed by atoms with van der Waals surface area (Å²) in [7, 11) is 0. The quantitative estimate of drug-likeness (QED) is 0.910. The van der Waals surface area contributed by atoms with Gasteiger partial charge in [-0.1, -0.05) is 11.3 Å². The van der Waals surface area contributed by atoms with Crippen molar-refractivity contribution in [3.8, 4) is 0 Å². The molecule has 1 unspecified atom stereocenters. The second-order valence-corrected chi connectivity index (χ2v) is 6.35. The first kappa shape index (κ1) is 13.0. The smallest absolute Gasteiger partial charge is 0.229 e. The average Bonchev–Trinajstić information content (AvgIpc) is 2.92. The number of aliphatic hydroxyl groups is 1. The number of aromatic nitrogens is 1. The highest BCUT2D eigenvalue weighted by atomic mass is 79.9. The van der Waals surface area contributed by atoms with Crippen molar-refractivity contribution in [2.45, 2.75) is 6.42 Å². The molecular formula is C12H10BrFN2O2S. The van der Waals surface area contributed by atoms with Crippen LogP contribution in [0.15, 0.2) is 16.6 Å². The molecule has 7 heteroatoms.